The van der Waals surface area contributed by atoms with Gasteiger partial charge in [0.15, 0.2) is 5.78 Å². The van der Waals surface area contributed by atoms with Gasteiger partial charge < -0.3 is 4.74 Å². The monoisotopic (exact) mass is 292 g/mol. The largest absolute Gasteiger partial charge is 0.497 e. The molecule has 22 heavy (non-hydrogen) atoms. The van der Waals surface area contributed by atoms with Crippen LogP contribution in [0.2, 0.25) is 0 Å². The van der Waals surface area contributed by atoms with Gasteiger partial charge in [-0.1, -0.05) is 48.5 Å². The van der Waals surface area contributed by atoms with E-state index < -0.39 is 0 Å². The number of rotatable bonds is 4. The molecule has 2 heteroatoms. The van der Waals surface area contributed by atoms with Crippen LogP contribution < -0.4 is 4.74 Å². The molecule has 2 aromatic carbocycles. The number of ketones is 1. The molecular formula is C20H20O2. The van der Waals surface area contributed by atoms with Crippen LogP contribution in [-0.4, -0.2) is 12.9 Å². The first-order chi connectivity index (χ1) is 10.8. The number of hydrogen-bond acceptors (Lipinski definition) is 2. The van der Waals surface area contributed by atoms with E-state index in [1.54, 1.807) is 7.11 Å². The lowest BCUT2D eigenvalue weighted by molar-refractivity contribution is -0.116. The van der Waals surface area contributed by atoms with Gasteiger partial charge in [0.1, 0.15) is 5.75 Å². The minimum absolute atomic E-state index is 0.0138. The van der Waals surface area contributed by atoms with E-state index in [0.29, 0.717) is 6.42 Å². The molecule has 2 nitrogen and oxygen atoms in total. The van der Waals surface area contributed by atoms with Crippen molar-refractivity contribution in [1.29, 1.82) is 0 Å². The molecule has 0 saturated heterocycles. The summed E-state index contributed by atoms with van der Waals surface area (Å²) in [4.78, 5) is 12.4. The summed E-state index contributed by atoms with van der Waals surface area (Å²) in [6.07, 6.45) is 4.73. The van der Waals surface area contributed by atoms with Crippen molar-refractivity contribution in [3.63, 3.8) is 0 Å². The van der Waals surface area contributed by atoms with Gasteiger partial charge in [-0.15, -0.1) is 0 Å². The van der Waals surface area contributed by atoms with Crippen LogP contribution in [0.3, 0.4) is 0 Å². The summed E-state index contributed by atoms with van der Waals surface area (Å²) in [5, 5.41) is 0. The minimum atomic E-state index is 0.0138. The van der Waals surface area contributed by atoms with Crippen LogP contribution in [0.15, 0.2) is 66.2 Å². The third kappa shape index (κ3) is 2.96. The molecule has 0 saturated carbocycles. The molecule has 3 rings (SSSR count). The molecule has 112 valence electrons. The smallest absolute Gasteiger partial charge is 0.159 e. The molecule has 0 spiro atoms. The highest BCUT2D eigenvalue weighted by atomic mass is 16.5. The lowest BCUT2D eigenvalue weighted by Crippen LogP contribution is -2.16. The Bertz CT molecular complexity index is 669. The second-order valence-corrected chi connectivity index (χ2v) is 5.59. The lowest BCUT2D eigenvalue weighted by Gasteiger charge is -2.23. The Labute approximate surface area is 131 Å². The Morgan fingerprint density at radius 3 is 2.27 bits per heavy atom. The highest BCUT2D eigenvalue weighted by Crippen LogP contribution is 2.35. The molecule has 0 aliphatic heterocycles. The van der Waals surface area contributed by atoms with E-state index in [1.165, 1.54) is 0 Å². The first-order valence-corrected chi connectivity index (χ1v) is 7.72. The number of methoxy groups -OCH3 is 1. The number of ether oxygens (including phenoxy) is 1. The highest BCUT2D eigenvalue weighted by molar-refractivity contribution is 5.98. The fourth-order valence-corrected chi connectivity index (χ4v) is 3.05. The Morgan fingerprint density at radius 1 is 0.955 bits per heavy atom. The van der Waals surface area contributed by atoms with Crippen LogP contribution in [0.4, 0.5) is 0 Å². The maximum absolute atomic E-state index is 12.4. The molecule has 0 radical (unpaired) electrons. The van der Waals surface area contributed by atoms with Crippen molar-refractivity contribution in [3.8, 4) is 5.75 Å². The second-order valence-electron chi connectivity index (χ2n) is 5.59. The summed E-state index contributed by atoms with van der Waals surface area (Å²) in [5.41, 5.74) is 3.23. The first-order valence-electron chi connectivity index (χ1n) is 7.72. The quantitative estimate of drug-likeness (QED) is 0.829. The molecular weight excluding hydrogens is 272 g/mol. The zero-order valence-electron chi connectivity index (χ0n) is 12.8. The fourth-order valence-electron chi connectivity index (χ4n) is 3.05. The Balaban J connectivity index is 2.06. The van der Waals surface area contributed by atoms with Crippen LogP contribution in [0.25, 0.3) is 0 Å². The van der Waals surface area contributed by atoms with Gasteiger partial charge in [0.05, 0.1) is 7.11 Å². The van der Waals surface area contributed by atoms with E-state index in [9.17, 15) is 4.79 Å². The van der Waals surface area contributed by atoms with Crippen LogP contribution in [0.5, 0.6) is 5.75 Å². The van der Waals surface area contributed by atoms with Gasteiger partial charge in [-0.25, -0.2) is 0 Å². The fraction of sp³-hybridized carbons (Fsp3) is 0.250. The molecule has 1 aliphatic carbocycles. The number of benzene rings is 2. The lowest BCUT2D eigenvalue weighted by atomic mass is 9.79. The van der Waals surface area contributed by atoms with Crippen molar-refractivity contribution in [3.05, 3.63) is 77.4 Å². The maximum Gasteiger partial charge on any atom is 0.159 e. The summed E-state index contributed by atoms with van der Waals surface area (Å²) < 4.78 is 5.24. The number of allylic oxidation sites excluding steroid dienone is 2. The van der Waals surface area contributed by atoms with E-state index in [-0.39, 0.29) is 11.7 Å². The van der Waals surface area contributed by atoms with E-state index in [1.807, 2.05) is 30.3 Å². The van der Waals surface area contributed by atoms with Gasteiger partial charge >= 0.3 is 0 Å². The molecule has 0 bridgehead atoms. The topological polar surface area (TPSA) is 26.3 Å². The van der Waals surface area contributed by atoms with E-state index in [2.05, 4.69) is 30.3 Å². The number of carbonyl (C=O) groups excluding carboxylic acids is 1. The summed E-state index contributed by atoms with van der Waals surface area (Å²) in [7, 11) is 1.66. The second kappa shape index (κ2) is 6.61. The molecule has 1 aliphatic rings. The van der Waals surface area contributed by atoms with Crippen molar-refractivity contribution < 1.29 is 9.53 Å². The molecule has 0 aromatic heterocycles. The Morgan fingerprint density at radius 2 is 1.64 bits per heavy atom. The first kappa shape index (κ1) is 14.6. The SMILES string of the molecule is COc1ccc(C(C2=CCCCC2=O)c2ccccc2)cc1. The van der Waals surface area contributed by atoms with Crippen molar-refractivity contribution >= 4 is 5.78 Å². The third-order valence-corrected chi connectivity index (χ3v) is 4.19. The average Bonchev–Trinajstić information content (AvgIpc) is 2.58. The van der Waals surface area contributed by atoms with Gasteiger partial charge in [-0.2, -0.15) is 0 Å². The molecule has 1 unspecified atom stereocenters. The summed E-state index contributed by atoms with van der Waals surface area (Å²) >= 11 is 0. The predicted octanol–water partition coefficient (Wildman–Crippen LogP) is 4.51. The summed E-state index contributed by atoms with van der Waals surface area (Å²) in [5.74, 6) is 1.12. The molecule has 1 atom stereocenters. The van der Waals surface area contributed by atoms with Crippen molar-refractivity contribution in [1.82, 2.24) is 0 Å². The minimum Gasteiger partial charge on any atom is -0.497 e. The molecule has 0 heterocycles. The number of carbonyl (C=O) groups is 1. The normalized spacial score (nSPS) is 16.0. The van der Waals surface area contributed by atoms with Gasteiger partial charge in [-0.05, 0) is 36.1 Å². The highest BCUT2D eigenvalue weighted by Gasteiger charge is 2.25. The van der Waals surface area contributed by atoms with Crippen LogP contribution in [0, 0.1) is 0 Å². The summed E-state index contributed by atoms with van der Waals surface area (Å²) in [6.45, 7) is 0. The molecule has 0 fully saturated rings. The van der Waals surface area contributed by atoms with Gasteiger partial charge in [-0.3, -0.25) is 4.79 Å². The number of Topliss-reactive ketones (excluding diaryl/α,β-unsaturated/α-hetero) is 1. The van der Waals surface area contributed by atoms with Gasteiger partial charge in [0, 0.05) is 17.9 Å². The van der Waals surface area contributed by atoms with Gasteiger partial charge in [0.25, 0.3) is 0 Å². The van der Waals surface area contributed by atoms with Crippen molar-refractivity contribution in [2.75, 3.05) is 7.11 Å². The third-order valence-electron chi connectivity index (χ3n) is 4.19. The van der Waals surface area contributed by atoms with Crippen molar-refractivity contribution in [2.24, 2.45) is 0 Å². The van der Waals surface area contributed by atoms with E-state index in [4.69, 9.17) is 4.74 Å². The zero-order valence-corrected chi connectivity index (χ0v) is 12.8. The molecule has 0 amide bonds. The standard InChI is InChI=1S/C20H20O2/c1-22-17-13-11-16(12-14-17)20(15-7-3-2-4-8-15)18-9-5-6-10-19(18)21/h2-4,7-9,11-14,20H,5-6,10H2,1H3. The van der Waals surface area contributed by atoms with Gasteiger partial charge in [0.2, 0.25) is 0 Å². The maximum atomic E-state index is 12.4. The number of hydrogen-bond donors (Lipinski definition) is 0. The van der Waals surface area contributed by atoms with Crippen LogP contribution in [0.1, 0.15) is 36.3 Å². The zero-order chi connectivity index (χ0) is 15.4. The van der Waals surface area contributed by atoms with Crippen LogP contribution >= 0.6 is 0 Å². The van der Waals surface area contributed by atoms with Crippen LogP contribution in [-0.2, 0) is 4.79 Å². The molecule has 2 aromatic rings. The Hall–Kier alpha value is -2.35. The Kier molecular flexibility index (Phi) is 4.38. The summed E-state index contributed by atoms with van der Waals surface area (Å²) in [6, 6.07) is 18.3. The van der Waals surface area contributed by atoms with Crippen molar-refractivity contribution in [2.45, 2.75) is 25.2 Å². The molecule has 0 N–H and O–H groups in total. The van der Waals surface area contributed by atoms with E-state index in [0.717, 1.165) is 35.3 Å². The average molecular weight is 292 g/mol. The predicted molar refractivity (Wildman–Crippen MR) is 88.2 cm³/mol. The van der Waals surface area contributed by atoms with E-state index >= 15 is 0 Å².